The Morgan fingerprint density at radius 1 is 1.12 bits per heavy atom. The van der Waals surface area contributed by atoms with Crippen LogP contribution in [0, 0.1) is 11.6 Å². The molecule has 17 heavy (non-hydrogen) atoms. The number of benzene rings is 1. The lowest BCUT2D eigenvalue weighted by Gasteiger charge is -2.10. The Morgan fingerprint density at radius 2 is 1.76 bits per heavy atom. The fourth-order valence-corrected chi connectivity index (χ4v) is 1.55. The number of halogens is 2. The molecule has 1 N–H and O–H groups in total. The zero-order valence-electron chi connectivity index (χ0n) is 9.06. The normalized spacial score (nSPS) is 12.5. The Morgan fingerprint density at radius 3 is 2.35 bits per heavy atom. The van der Waals surface area contributed by atoms with Gasteiger partial charge >= 0.3 is 0 Å². The van der Waals surface area contributed by atoms with Gasteiger partial charge in [-0.25, -0.2) is 18.7 Å². The Balaban J connectivity index is 2.59. The highest BCUT2D eigenvalue weighted by Crippen LogP contribution is 2.27. The van der Waals surface area contributed by atoms with Crippen molar-refractivity contribution >= 4 is 0 Å². The summed E-state index contributed by atoms with van der Waals surface area (Å²) in [5, 5.41) is 9.37. The summed E-state index contributed by atoms with van der Waals surface area (Å²) in [6.45, 7) is 1.42. The first-order valence-corrected chi connectivity index (χ1v) is 5.02. The van der Waals surface area contributed by atoms with Crippen LogP contribution in [0.4, 0.5) is 8.78 Å². The summed E-state index contributed by atoms with van der Waals surface area (Å²) in [4.78, 5) is 7.53. The van der Waals surface area contributed by atoms with E-state index in [4.69, 9.17) is 0 Å². The monoisotopic (exact) mass is 236 g/mol. The number of aliphatic hydroxyl groups excluding tert-OH is 1. The van der Waals surface area contributed by atoms with Gasteiger partial charge in [0.05, 0.1) is 6.10 Å². The molecular weight excluding hydrogens is 226 g/mol. The van der Waals surface area contributed by atoms with E-state index in [0.29, 0.717) is 5.56 Å². The molecule has 1 heterocycles. The first-order chi connectivity index (χ1) is 8.09. The van der Waals surface area contributed by atoms with Crippen molar-refractivity contribution in [2.75, 3.05) is 0 Å². The maximum atomic E-state index is 13.6. The van der Waals surface area contributed by atoms with Gasteiger partial charge in [-0.2, -0.15) is 0 Å². The predicted molar refractivity (Wildman–Crippen MR) is 58.0 cm³/mol. The number of hydrogen-bond acceptors (Lipinski definition) is 3. The van der Waals surface area contributed by atoms with Crippen molar-refractivity contribution in [3.8, 4) is 11.1 Å². The molecule has 0 amide bonds. The molecule has 5 heteroatoms. The fourth-order valence-electron chi connectivity index (χ4n) is 1.55. The zero-order valence-corrected chi connectivity index (χ0v) is 9.06. The summed E-state index contributed by atoms with van der Waals surface area (Å²) in [7, 11) is 0. The Hall–Kier alpha value is -1.88. The van der Waals surface area contributed by atoms with Gasteiger partial charge in [-0.1, -0.05) is 0 Å². The molecule has 0 saturated heterocycles. The van der Waals surface area contributed by atoms with Crippen LogP contribution in [0.15, 0.2) is 30.9 Å². The van der Waals surface area contributed by atoms with E-state index in [1.54, 1.807) is 0 Å². The molecule has 0 aliphatic rings. The molecule has 1 aromatic carbocycles. The second-order valence-corrected chi connectivity index (χ2v) is 3.66. The van der Waals surface area contributed by atoms with Gasteiger partial charge in [0.2, 0.25) is 0 Å². The minimum atomic E-state index is -1.00. The highest BCUT2D eigenvalue weighted by Gasteiger charge is 2.14. The van der Waals surface area contributed by atoms with Gasteiger partial charge in [-0.15, -0.1) is 0 Å². The van der Waals surface area contributed by atoms with Crippen LogP contribution in [0.2, 0.25) is 0 Å². The molecule has 0 bridgehead atoms. The SMILES string of the molecule is C[C@H](O)c1cc(-c2cncnc2)c(F)cc1F. The average Bonchev–Trinajstić information content (AvgIpc) is 2.29. The second kappa shape index (κ2) is 4.55. The van der Waals surface area contributed by atoms with Crippen LogP contribution in [0.5, 0.6) is 0 Å². The highest BCUT2D eigenvalue weighted by atomic mass is 19.1. The van der Waals surface area contributed by atoms with Crippen LogP contribution in [-0.4, -0.2) is 15.1 Å². The van der Waals surface area contributed by atoms with Gasteiger partial charge in [0.15, 0.2) is 0 Å². The van der Waals surface area contributed by atoms with Gasteiger partial charge < -0.3 is 5.11 Å². The van der Waals surface area contributed by atoms with E-state index in [2.05, 4.69) is 9.97 Å². The van der Waals surface area contributed by atoms with E-state index in [0.717, 1.165) is 6.07 Å². The van der Waals surface area contributed by atoms with Crippen molar-refractivity contribution in [1.82, 2.24) is 9.97 Å². The van der Waals surface area contributed by atoms with Gasteiger partial charge in [-0.3, -0.25) is 0 Å². The van der Waals surface area contributed by atoms with Crippen molar-refractivity contribution < 1.29 is 13.9 Å². The summed E-state index contributed by atoms with van der Waals surface area (Å²) in [6.07, 6.45) is 3.17. The van der Waals surface area contributed by atoms with Crippen molar-refractivity contribution in [2.24, 2.45) is 0 Å². The second-order valence-electron chi connectivity index (χ2n) is 3.66. The van der Waals surface area contributed by atoms with E-state index < -0.39 is 17.7 Å². The summed E-state index contributed by atoms with van der Waals surface area (Å²) in [5.41, 5.74) is 0.653. The van der Waals surface area contributed by atoms with Gasteiger partial charge in [0, 0.05) is 35.2 Å². The largest absolute Gasteiger partial charge is 0.389 e. The van der Waals surface area contributed by atoms with E-state index in [9.17, 15) is 13.9 Å². The number of nitrogens with zero attached hydrogens (tertiary/aromatic N) is 2. The Kier molecular flexibility index (Phi) is 3.10. The van der Waals surface area contributed by atoms with Crippen LogP contribution >= 0.6 is 0 Å². The van der Waals surface area contributed by atoms with Crippen LogP contribution in [0.25, 0.3) is 11.1 Å². The van der Waals surface area contributed by atoms with Crippen LogP contribution in [0.1, 0.15) is 18.6 Å². The van der Waals surface area contributed by atoms with E-state index in [-0.39, 0.29) is 11.1 Å². The summed E-state index contributed by atoms with van der Waals surface area (Å²) in [6, 6.07) is 2.03. The van der Waals surface area contributed by atoms with Crippen molar-refractivity contribution in [3.05, 3.63) is 48.1 Å². The van der Waals surface area contributed by atoms with E-state index in [1.165, 1.54) is 31.7 Å². The van der Waals surface area contributed by atoms with E-state index in [1.807, 2.05) is 0 Å². The molecule has 3 nitrogen and oxygen atoms in total. The zero-order chi connectivity index (χ0) is 12.4. The molecule has 2 aromatic rings. The average molecular weight is 236 g/mol. The third-order valence-electron chi connectivity index (χ3n) is 2.41. The third-order valence-corrected chi connectivity index (χ3v) is 2.41. The summed E-state index contributed by atoms with van der Waals surface area (Å²) < 4.78 is 27.0. The predicted octanol–water partition coefficient (Wildman–Crippen LogP) is 2.48. The van der Waals surface area contributed by atoms with Crippen LogP contribution < -0.4 is 0 Å². The lowest BCUT2D eigenvalue weighted by Crippen LogP contribution is -1.99. The molecule has 0 unspecified atom stereocenters. The van der Waals surface area contributed by atoms with Crippen molar-refractivity contribution in [2.45, 2.75) is 13.0 Å². The molecule has 0 aliphatic heterocycles. The quantitative estimate of drug-likeness (QED) is 0.871. The fraction of sp³-hybridized carbons (Fsp3) is 0.167. The van der Waals surface area contributed by atoms with E-state index >= 15 is 0 Å². The standard InChI is InChI=1S/C12H10F2N2O/c1-7(17)9-2-10(12(14)3-11(9)13)8-4-15-6-16-5-8/h2-7,17H,1H3/t7-/m0/s1. The number of aromatic nitrogens is 2. The summed E-state index contributed by atoms with van der Waals surface area (Å²) >= 11 is 0. The van der Waals surface area contributed by atoms with Crippen LogP contribution in [0.3, 0.4) is 0 Å². The molecule has 88 valence electrons. The molecule has 1 atom stereocenters. The molecule has 2 rings (SSSR count). The Bertz CT molecular complexity index is 530. The molecule has 0 radical (unpaired) electrons. The lowest BCUT2D eigenvalue weighted by molar-refractivity contribution is 0.194. The number of hydrogen-bond donors (Lipinski definition) is 1. The van der Waals surface area contributed by atoms with Gasteiger partial charge in [-0.05, 0) is 13.0 Å². The maximum absolute atomic E-state index is 13.6. The third kappa shape index (κ3) is 2.29. The Labute approximate surface area is 96.8 Å². The maximum Gasteiger partial charge on any atom is 0.134 e. The number of aliphatic hydroxyl groups is 1. The molecule has 0 spiro atoms. The summed E-state index contributed by atoms with van der Waals surface area (Å²) in [5.74, 6) is -1.47. The molecular formula is C12H10F2N2O. The first-order valence-electron chi connectivity index (χ1n) is 5.02. The molecule has 0 saturated carbocycles. The van der Waals surface area contributed by atoms with Gasteiger partial charge in [0.1, 0.15) is 18.0 Å². The first kappa shape index (κ1) is 11.6. The van der Waals surface area contributed by atoms with Gasteiger partial charge in [0.25, 0.3) is 0 Å². The lowest BCUT2D eigenvalue weighted by atomic mass is 10.0. The molecule has 0 fully saturated rings. The molecule has 1 aromatic heterocycles. The highest BCUT2D eigenvalue weighted by molar-refractivity contribution is 5.63. The van der Waals surface area contributed by atoms with Crippen LogP contribution in [-0.2, 0) is 0 Å². The number of rotatable bonds is 2. The topological polar surface area (TPSA) is 46.0 Å². The van der Waals surface area contributed by atoms with Crippen molar-refractivity contribution in [1.29, 1.82) is 0 Å². The minimum Gasteiger partial charge on any atom is -0.389 e. The van der Waals surface area contributed by atoms with Crippen molar-refractivity contribution in [3.63, 3.8) is 0 Å². The molecule has 0 aliphatic carbocycles. The minimum absolute atomic E-state index is 0.0465. The smallest absolute Gasteiger partial charge is 0.134 e.